The van der Waals surface area contributed by atoms with Crippen LogP contribution in [0.2, 0.25) is 18.1 Å². The second kappa shape index (κ2) is 9.35. The van der Waals surface area contributed by atoms with Gasteiger partial charge in [0.05, 0.1) is 0 Å². The molecule has 22 heavy (non-hydrogen) atoms. The van der Waals surface area contributed by atoms with Gasteiger partial charge in [-0.3, -0.25) is 0 Å². The van der Waals surface area contributed by atoms with Gasteiger partial charge in [0.1, 0.15) is 17.5 Å². The van der Waals surface area contributed by atoms with E-state index in [0.29, 0.717) is 6.42 Å². The number of hydrogen-bond donors (Lipinski definition) is 0. The zero-order valence-corrected chi connectivity index (χ0v) is 14.9. The zero-order valence-electron chi connectivity index (χ0n) is 13.9. The zero-order chi connectivity index (χ0) is 16.6. The number of halogens is 3. The highest BCUT2D eigenvalue weighted by Crippen LogP contribution is 2.25. The third kappa shape index (κ3) is 5.43. The Bertz CT molecular complexity index is 430. The molecule has 0 aliphatic heterocycles. The first-order valence-corrected chi connectivity index (χ1v) is 10.7. The first kappa shape index (κ1) is 19.2. The molecule has 0 heterocycles. The maximum atomic E-state index is 13.5. The summed E-state index contributed by atoms with van der Waals surface area (Å²) >= 11 is 0. The summed E-state index contributed by atoms with van der Waals surface area (Å²) in [5.41, 5.74) is 0.00382. The van der Waals surface area contributed by atoms with Crippen LogP contribution >= 0.6 is 0 Å². The van der Waals surface area contributed by atoms with E-state index in [1.165, 1.54) is 0 Å². The van der Waals surface area contributed by atoms with Crippen LogP contribution in [0.15, 0.2) is 12.1 Å². The van der Waals surface area contributed by atoms with Gasteiger partial charge in [0.2, 0.25) is 0 Å². The van der Waals surface area contributed by atoms with Gasteiger partial charge in [-0.2, -0.15) is 0 Å². The fraction of sp³-hybridized carbons (Fsp3) is 0.647. The molecular formula is C17H27F3OSi. The first-order chi connectivity index (χ1) is 10.5. The summed E-state index contributed by atoms with van der Waals surface area (Å²) in [6, 6.07) is 4.91. The molecule has 0 bridgehead atoms. The number of rotatable bonds is 10. The SMILES string of the molecule is CC[Si](CC)(CCCCCCc1c(F)cc(F)cc1F)OC. The molecule has 1 aromatic rings. The predicted molar refractivity (Wildman–Crippen MR) is 87.0 cm³/mol. The molecule has 1 nitrogen and oxygen atoms in total. The average molecular weight is 332 g/mol. The van der Waals surface area contributed by atoms with Crippen LogP contribution in [-0.2, 0) is 10.8 Å². The third-order valence-corrected chi connectivity index (χ3v) is 9.34. The molecule has 0 unspecified atom stereocenters. The van der Waals surface area contributed by atoms with Crippen LogP contribution < -0.4 is 0 Å². The molecule has 0 amide bonds. The van der Waals surface area contributed by atoms with E-state index in [1.807, 2.05) is 7.11 Å². The lowest BCUT2D eigenvalue weighted by atomic mass is 10.1. The van der Waals surface area contributed by atoms with Crippen molar-refractivity contribution in [3.05, 3.63) is 35.1 Å². The Balaban J connectivity index is 2.32. The van der Waals surface area contributed by atoms with Crippen molar-refractivity contribution in [3.8, 4) is 0 Å². The minimum absolute atomic E-state index is 0.00382. The molecule has 0 N–H and O–H groups in total. The summed E-state index contributed by atoms with van der Waals surface area (Å²) in [6.45, 7) is 4.39. The standard InChI is InChI=1S/C17H27F3OSi/c1-4-22(5-2,21-3)11-9-7-6-8-10-15-16(19)12-14(18)13-17(15)20/h12-13H,4-11H2,1-3H3. The third-order valence-electron chi connectivity index (χ3n) is 4.64. The molecule has 0 spiro atoms. The van der Waals surface area contributed by atoms with Crippen molar-refractivity contribution in [1.29, 1.82) is 0 Å². The van der Waals surface area contributed by atoms with Gasteiger partial charge in [0, 0.05) is 24.8 Å². The van der Waals surface area contributed by atoms with E-state index in [9.17, 15) is 13.2 Å². The first-order valence-electron chi connectivity index (χ1n) is 8.16. The summed E-state index contributed by atoms with van der Waals surface area (Å²) < 4.78 is 45.6. The number of benzene rings is 1. The smallest absolute Gasteiger partial charge is 0.191 e. The molecule has 0 atom stereocenters. The summed E-state index contributed by atoms with van der Waals surface area (Å²) in [7, 11) is 0.291. The topological polar surface area (TPSA) is 9.23 Å². The summed E-state index contributed by atoms with van der Waals surface area (Å²) in [5.74, 6) is -2.42. The van der Waals surface area contributed by atoms with Gasteiger partial charge in [0.15, 0.2) is 8.32 Å². The van der Waals surface area contributed by atoms with Crippen molar-refractivity contribution >= 4 is 8.32 Å². The van der Waals surface area contributed by atoms with Crippen molar-refractivity contribution in [2.24, 2.45) is 0 Å². The number of unbranched alkanes of at least 4 members (excludes halogenated alkanes) is 3. The molecule has 0 radical (unpaired) electrons. The van der Waals surface area contributed by atoms with Crippen molar-refractivity contribution in [1.82, 2.24) is 0 Å². The second-order valence-corrected chi connectivity index (χ2v) is 10.5. The molecule has 0 aliphatic rings. The Morgan fingerprint density at radius 1 is 0.909 bits per heavy atom. The lowest BCUT2D eigenvalue weighted by Gasteiger charge is -2.27. The Morgan fingerprint density at radius 2 is 1.45 bits per heavy atom. The highest BCUT2D eigenvalue weighted by Gasteiger charge is 2.28. The van der Waals surface area contributed by atoms with Crippen LogP contribution in [0.1, 0.15) is 45.1 Å². The Kier molecular flexibility index (Phi) is 8.18. The number of hydrogen-bond acceptors (Lipinski definition) is 1. The van der Waals surface area contributed by atoms with Crippen molar-refractivity contribution in [2.45, 2.75) is 64.1 Å². The largest absolute Gasteiger partial charge is 0.420 e. The summed E-state index contributed by atoms with van der Waals surface area (Å²) in [6.07, 6.45) is 4.13. The van der Waals surface area contributed by atoms with Crippen LogP contribution in [0.5, 0.6) is 0 Å². The van der Waals surface area contributed by atoms with E-state index in [2.05, 4.69) is 13.8 Å². The second-order valence-electron chi connectivity index (χ2n) is 5.86. The van der Waals surface area contributed by atoms with Crippen molar-refractivity contribution in [3.63, 3.8) is 0 Å². The fourth-order valence-electron chi connectivity index (χ4n) is 2.91. The van der Waals surface area contributed by atoms with E-state index in [0.717, 1.165) is 55.9 Å². The van der Waals surface area contributed by atoms with Gasteiger partial charge in [0.25, 0.3) is 0 Å². The Morgan fingerprint density at radius 3 is 1.95 bits per heavy atom. The van der Waals surface area contributed by atoms with Gasteiger partial charge in [-0.25, -0.2) is 13.2 Å². The molecular weight excluding hydrogens is 305 g/mol. The van der Waals surface area contributed by atoms with Crippen LogP contribution in [0.25, 0.3) is 0 Å². The van der Waals surface area contributed by atoms with E-state index in [1.54, 1.807) is 0 Å². The van der Waals surface area contributed by atoms with E-state index < -0.39 is 25.8 Å². The molecule has 0 aromatic heterocycles. The normalized spacial score (nSPS) is 11.9. The van der Waals surface area contributed by atoms with Gasteiger partial charge in [-0.15, -0.1) is 0 Å². The van der Waals surface area contributed by atoms with Crippen LogP contribution in [0.4, 0.5) is 13.2 Å². The minimum Gasteiger partial charge on any atom is -0.420 e. The van der Waals surface area contributed by atoms with E-state index >= 15 is 0 Å². The maximum Gasteiger partial charge on any atom is 0.191 e. The van der Waals surface area contributed by atoms with Gasteiger partial charge >= 0.3 is 0 Å². The van der Waals surface area contributed by atoms with Gasteiger partial charge in [-0.1, -0.05) is 33.1 Å². The Hall–Kier alpha value is -0.813. The lowest BCUT2D eigenvalue weighted by Crippen LogP contribution is -2.34. The van der Waals surface area contributed by atoms with Crippen molar-refractivity contribution < 1.29 is 17.6 Å². The maximum absolute atomic E-state index is 13.5. The quantitative estimate of drug-likeness (QED) is 0.386. The predicted octanol–water partition coefficient (Wildman–Crippen LogP) is 5.84. The fourth-order valence-corrected chi connectivity index (χ4v) is 5.79. The lowest BCUT2D eigenvalue weighted by molar-refractivity contribution is 0.389. The molecule has 0 saturated heterocycles. The summed E-state index contributed by atoms with van der Waals surface area (Å²) in [5, 5.41) is 0. The van der Waals surface area contributed by atoms with Gasteiger partial charge in [-0.05, 0) is 31.0 Å². The summed E-state index contributed by atoms with van der Waals surface area (Å²) in [4.78, 5) is 0. The van der Waals surface area contributed by atoms with E-state index in [-0.39, 0.29) is 5.56 Å². The molecule has 0 fully saturated rings. The molecule has 0 saturated carbocycles. The monoisotopic (exact) mass is 332 g/mol. The van der Waals surface area contributed by atoms with Crippen LogP contribution in [-0.4, -0.2) is 15.4 Å². The van der Waals surface area contributed by atoms with Crippen LogP contribution in [0, 0.1) is 17.5 Å². The van der Waals surface area contributed by atoms with Crippen LogP contribution in [0.3, 0.4) is 0 Å². The molecule has 126 valence electrons. The minimum atomic E-state index is -1.53. The highest BCUT2D eigenvalue weighted by atomic mass is 28.4. The van der Waals surface area contributed by atoms with Crippen molar-refractivity contribution in [2.75, 3.05) is 7.11 Å². The highest BCUT2D eigenvalue weighted by molar-refractivity contribution is 6.73. The molecule has 5 heteroatoms. The van der Waals surface area contributed by atoms with Gasteiger partial charge < -0.3 is 4.43 Å². The molecule has 1 aromatic carbocycles. The Labute approximate surface area is 133 Å². The molecule has 0 aliphatic carbocycles. The molecule has 1 rings (SSSR count). The average Bonchev–Trinajstić information content (AvgIpc) is 2.49. The van der Waals surface area contributed by atoms with E-state index in [4.69, 9.17) is 4.43 Å².